The summed E-state index contributed by atoms with van der Waals surface area (Å²) in [6.07, 6.45) is 1.74. The lowest BCUT2D eigenvalue weighted by atomic mass is 10.0. The Hall–Kier alpha value is -2.67. The summed E-state index contributed by atoms with van der Waals surface area (Å²) < 4.78 is 28.8. The fourth-order valence-corrected chi connectivity index (χ4v) is 4.72. The minimum Gasteiger partial charge on any atom is -0.494 e. The summed E-state index contributed by atoms with van der Waals surface area (Å²) in [6, 6.07) is 13.0. The van der Waals surface area contributed by atoms with Gasteiger partial charge in [0.15, 0.2) is 14.9 Å². The van der Waals surface area contributed by atoms with Crippen LogP contribution in [0.15, 0.2) is 47.4 Å². The highest BCUT2D eigenvalue weighted by molar-refractivity contribution is 7.90. The number of thiocarbonyl (C=S) groups is 1. The first-order valence-electron chi connectivity index (χ1n) is 9.75. The van der Waals surface area contributed by atoms with Crippen LogP contribution in [0.2, 0.25) is 5.02 Å². The van der Waals surface area contributed by atoms with Crippen LogP contribution in [0.25, 0.3) is 0 Å². The SMILES string of the molecule is CC1(C)C(=O)N(c2ccc(C#N)c(Cl)c2)C(=S)N1CCCOc1ccc(S(C)(=O)=O)cc1. The quantitative estimate of drug-likeness (QED) is 0.429. The molecular weight excluding hydrogens is 470 g/mol. The maximum atomic E-state index is 13.1. The van der Waals surface area contributed by atoms with Crippen LogP contribution in [0.4, 0.5) is 5.69 Å². The van der Waals surface area contributed by atoms with E-state index in [9.17, 15) is 13.2 Å². The van der Waals surface area contributed by atoms with E-state index in [2.05, 4.69) is 0 Å². The zero-order valence-corrected chi connectivity index (χ0v) is 20.2. The van der Waals surface area contributed by atoms with Crippen LogP contribution in [0.1, 0.15) is 25.8 Å². The van der Waals surface area contributed by atoms with Gasteiger partial charge < -0.3 is 9.64 Å². The van der Waals surface area contributed by atoms with E-state index in [1.54, 1.807) is 44.2 Å². The number of sulfone groups is 1. The molecule has 0 N–H and O–H groups in total. The van der Waals surface area contributed by atoms with Crippen LogP contribution in [0, 0.1) is 11.3 Å². The molecule has 0 aliphatic carbocycles. The van der Waals surface area contributed by atoms with Gasteiger partial charge >= 0.3 is 0 Å². The van der Waals surface area contributed by atoms with Crippen LogP contribution in [0.5, 0.6) is 5.75 Å². The average Bonchev–Trinajstić information content (AvgIpc) is 2.89. The number of nitrogens with zero attached hydrogens (tertiary/aromatic N) is 3. The van der Waals surface area contributed by atoms with Crippen LogP contribution < -0.4 is 9.64 Å². The first-order valence-corrected chi connectivity index (χ1v) is 12.4. The molecular formula is C22H22ClN3O4S2. The van der Waals surface area contributed by atoms with Crippen LogP contribution in [-0.4, -0.2) is 49.3 Å². The second-order valence-electron chi connectivity index (χ2n) is 7.86. The predicted octanol–water partition coefficient (Wildman–Crippen LogP) is 3.80. The maximum Gasteiger partial charge on any atom is 0.258 e. The number of anilines is 1. The minimum absolute atomic E-state index is 0.180. The zero-order chi connectivity index (χ0) is 23.7. The van der Waals surface area contributed by atoms with Crippen molar-refractivity contribution in [1.82, 2.24) is 4.90 Å². The lowest BCUT2D eigenvalue weighted by molar-refractivity contribution is -0.123. The Balaban J connectivity index is 1.65. The highest BCUT2D eigenvalue weighted by Crippen LogP contribution is 2.34. The molecule has 0 bridgehead atoms. The number of hydrogen-bond acceptors (Lipinski definition) is 6. The summed E-state index contributed by atoms with van der Waals surface area (Å²) in [4.78, 5) is 16.6. The summed E-state index contributed by atoms with van der Waals surface area (Å²) >= 11 is 11.7. The van der Waals surface area contributed by atoms with E-state index in [1.807, 2.05) is 11.0 Å². The van der Waals surface area contributed by atoms with Crippen molar-refractivity contribution in [2.45, 2.75) is 30.7 Å². The molecule has 7 nitrogen and oxygen atoms in total. The standard InChI is InChI=1S/C22H22ClN3O4S2/c1-22(2)20(27)26(16-6-5-15(14-24)19(23)13-16)21(31)25(22)11-4-12-30-17-7-9-18(10-8-17)32(3,28)29/h5-10,13H,4,11-12H2,1-3H3. The number of amides is 1. The molecule has 1 aliphatic rings. The summed E-state index contributed by atoms with van der Waals surface area (Å²) in [6.45, 7) is 4.46. The van der Waals surface area contributed by atoms with E-state index in [0.29, 0.717) is 41.7 Å². The molecule has 32 heavy (non-hydrogen) atoms. The molecule has 0 spiro atoms. The van der Waals surface area contributed by atoms with Crippen molar-refractivity contribution in [3.05, 3.63) is 53.1 Å². The summed E-state index contributed by atoms with van der Waals surface area (Å²) in [7, 11) is -3.25. The molecule has 1 heterocycles. The summed E-state index contributed by atoms with van der Waals surface area (Å²) in [5.41, 5.74) is -0.0122. The number of carbonyl (C=O) groups is 1. The summed E-state index contributed by atoms with van der Waals surface area (Å²) in [5.74, 6) is 0.381. The molecule has 1 amide bonds. The monoisotopic (exact) mass is 491 g/mol. The molecule has 1 saturated heterocycles. The van der Waals surface area contributed by atoms with Gasteiger partial charge in [-0.25, -0.2) is 8.42 Å². The minimum atomic E-state index is -3.25. The lowest BCUT2D eigenvalue weighted by Crippen LogP contribution is -2.44. The number of carbonyl (C=O) groups excluding carboxylic acids is 1. The number of hydrogen-bond donors (Lipinski definition) is 0. The molecule has 0 saturated carbocycles. The van der Waals surface area contributed by atoms with Gasteiger partial charge in [-0.2, -0.15) is 5.26 Å². The fraction of sp³-hybridized carbons (Fsp3) is 0.318. The molecule has 2 aromatic rings. The molecule has 0 atom stereocenters. The van der Waals surface area contributed by atoms with E-state index in [4.69, 9.17) is 33.8 Å². The van der Waals surface area contributed by atoms with E-state index in [-0.39, 0.29) is 15.8 Å². The molecule has 10 heteroatoms. The van der Waals surface area contributed by atoms with Gasteiger partial charge in [0.05, 0.1) is 27.8 Å². The fourth-order valence-electron chi connectivity index (χ4n) is 3.37. The van der Waals surface area contributed by atoms with E-state index in [0.717, 1.165) is 6.26 Å². The van der Waals surface area contributed by atoms with Crippen molar-refractivity contribution < 1.29 is 17.9 Å². The third-order valence-electron chi connectivity index (χ3n) is 5.20. The highest BCUT2D eigenvalue weighted by atomic mass is 35.5. The molecule has 1 fully saturated rings. The van der Waals surface area contributed by atoms with Gasteiger partial charge in [0.1, 0.15) is 17.4 Å². The van der Waals surface area contributed by atoms with Crippen LogP contribution in [-0.2, 0) is 14.6 Å². The third kappa shape index (κ3) is 4.72. The number of nitriles is 1. The van der Waals surface area contributed by atoms with Gasteiger partial charge in [0.25, 0.3) is 5.91 Å². The van der Waals surface area contributed by atoms with Crippen molar-refractivity contribution in [2.24, 2.45) is 0 Å². The number of rotatable bonds is 7. The highest BCUT2D eigenvalue weighted by Gasteiger charge is 2.49. The maximum absolute atomic E-state index is 13.1. The Morgan fingerprint density at radius 2 is 1.84 bits per heavy atom. The lowest BCUT2D eigenvalue weighted by Gasteiger charge is -2.29. The van der Waals surface area contributed by atoms with Crippen molar-refractivity contribution in [3.8, 4) is 11.8 Å². The van der Waals surface area contributed by atoms with Gasteiger partial charge in [-0.05, 0) is 75.0 Å². The van der Waals surface area contributed by atoms with Crippen LogP contribution >= 0.6 is 23.8 Å². The second kappa shape index (κ2) is 9.06. The molecule has 2 aromatic carbocycles. The zero-order valence-electron chi connectivity index (χ0n) is 17.8. The van der Waals surface area contributed by atoms with Crippen molar-refractivity contribution >= 4 is 50.4 Å². The number of benzene rings is 2. The number of halogens is 1. The van der Waals surface area contributed by atoms with Gasteiger partial charge in [-0.3, -0.25) is 9.69 Å². The molecule has 3 rings (SSSR count). The topological polar surface area (TPSA) is 90.7 Å². The first-order chi connectivity index (χ1) is 15.0. The molecule has 0 aromatic heterocycles. The second-order valence-corrected chi connectivity index (χ2v) is 10.6. The molecule has 168 valence electrons. The smallest absolute Gasteiger partial charge is 0.258 e. The van der Waals surface area contributed by atoms with Crippen molar-refractivity contribution in [2.75, 3.05) is 24.3 Å². The summed E-state index contributed by atoms with van der Waals surface area (Å²) in [5, 5.41) is 9.68. The third-order valence-corrected chi connectivity index (χ3v) is 7.05. The molecule has 0 radical (unpaired) electrons. The van der Waals surface area contributed by atoms with Crippen LogP contribution in [0.3, 0.4) is 0 Å². The normalized spacial score (nSPS) is 15.7. The van der Waals surface area contributed by atoms with Crippen molar-refractivity contribution in [1.29, 1.82) is 5.26 Å². The van der Waals surface area contributed by atoms with Gasteiger partial charge in [0, 0.05) is 12.8 Å². The number of ether oxygens (including phenoxy) is 1. The van der Waals surface area contributed by atoms with E-state index < -0.39 is 15.4 Å². The predicted molar refractivity (Wildman–Crippen MR) is 127 cm³/mol. The Bertz CT molecular complexity index is 1200. The van der Waals surface area contributed by atoms with Gasteiger partial charge in [0.2, 0.25) is 0 Å². The Kier molecular flexibility index (Phi) is 6.79. The Morgan fingerprint density at radius 1 is 1.19 bits per heavy atom. The molecule has 1 aliphatic heterocycles. The van der Waals surface area contributed by atoms with E-state index >= 15 is 0 Å². The average molecular weight is 492 g/mol. The Labute approximate surface area is 198 Å². The van der Waals surface area contributed by atoms with Gasteiger partial charge in [-0.1, -0.05) is 11.6 Å². The Morgan fingerprint density at radius 3 is 2.41 bits per heavy atom. The first kappa shape index (κ1) is 24.0. The largest absolute Gasteiger partial charge is 0.494 e. The molecule has 0 unspecified atom stereocenters. The van der Waals surface area contributed by atoms with Gasteiger partial charge in [-0.15, -0.1) is 0 Å². The van der Waals surface area contributed by atoms with Crippen molar-refractivity contribution in [3.63, 3.8) is 0 Å². The van der Waals surface area contributed by atoms with E-state index in [1.165, 1.54) is 17.0 Å².